The maximum Gasteiger partial charge on any atom is 0.129 e. The summed E-state index contributed by atoms with van der Waals surface area (Å²) in [5, 5.41) is 9.16. The average molecular weight is 240 g/mol. The zero-order valence-corrected chi connectivity index (χ0v) is 11.2. The second-order valence-electron chi connectivity index (χ2n) is 4.05. The van der Waals surface area contributed by atoms with Gasteiger partial charge in [-0.2, -0.15) is 11.8 Å². The fraction of sp³-hybridized carbons (Fsp3) is 0.583. The lowest BCUT2D eigenvalue weighted by atomic mass is 10.2. The Labute approximate surface area is 102 Å². The molecule has 0 saturated carbocycles. The van der Waals surface area contributed by atoms with Gasteiger partial charge in [-0.25, -0.2) is 4.98 Å². The zero-order valence-electron chi connectivity index (χ0n) is 10.4. The molecule has 1 heterocycles. The van der Waals surface area contributed by atoms with Crippen LogP contribution in [0.5, 0.6) is 0 Å². The lowest BCUT2D eigenvalue weighted by Crippen LogP contribution is -2.31. The quantitative estimate of drug-likeness (QED) is 0.855. The Kier molecular flexibility index (Phi) is 5.09. The lowest BCUT2D eigenvalue weighted by molar-refractivity contribution is 0.281. The molecule has 0 radical (unpaired) electrons. The molecule has 0 bridgehead atoms. The maximum absolute atomic E-state index is 9.16. The first-order valence-corrected chi connectivity index (χ1v) is 6.78. The van der Waals surface area contributed by atoms with Gasteiger partial charge < -0.3 is 10.0 Å². The van der Waals surface area contributed by atoms with Crippen LogP contribution in [0.1, 0.15) is 18.2 Å². The Hall–Kier alpha value is -0.740. The molecule has 4 heteroatoms. The van der Waals surface area contributed by atoms with Crippen LogP contribution in [0.2, 0.25) is 0 Å². The summed E-state index contributed by atoms with van der Waals surface area (Å²) in [5.74, 6) is 2.01. The molecule has 0 saturated heterocycles. The molecule has 0 amide bonds. The van der Waals surface area contributed by atoms with Gasteiger partial charge in [0.25, 0.3) is 0 Å². The van der Waals surface area contributed by atoms with Crippen molar-refractivity contribution in [2.24, 2.45) is 0 Å². The van der Waals surface area contributed by atoms with Crippen LogP contribution in [0.3, 0.4) is 0 Å². The molecule has 1 aromatic heterocycles. The van der Waals surface area contributed by atoms with Gasteiger partial charge in [0, 0.05) is 24.5 Å². The van der Waals surface area contributed by atoms with Crippen LogP contribution in [0.4, 0.5) is 5.82 Å². The minimum absolute atomic E-state index is 0.0705. The van der Waals surface area contributed by atoms with Gasteiger partial charge in [-0.3, -0.25) is 0 Å². The van der Waals surface area contributed by atoms with Crippen LogP contribution in [-0.2, 0) is 6.61 Å². The van der Waals surface area contributed by atoms with Crippen molar-refractivity contribution in [3.63, 3.8) is 0 Å². The Morgan fingerprint density at radius 3 is 2.75 bits per heavy atom. The van der Waals surface area contributed by atoms with Crippen LogP contribution in [0.25, 0.3) is 0 Å². The molecule has 1 N–H and O–H groups in total. The van der Waals surface area contributed by atoms with Crippen LogP contribution in [0.15, 0.2) is 12.1 Å². The number of aryl methyl sites for hydroxylation is 1. The number of aliphatic hydroxyl groups is 1. The van der Waals surface area contributed by atoms with Crippen LogP contribution in [0, 0.1) is 6.92 Å². The van der Waals surface area contributed by atoms with E-state index >= 15 is 0 Å². The first-order valence-electron chi connectivity index (χ1n) is 5.38. The number of hydrogen-bond donors (Lipinski definition) is 1. The highest BCUT2D eigenvalue weighted by Gasteiger charge is 2.11. The molecule has 3 nitrogen and oxygen atoms in total. The number of aliphatic hydroxyl groups excluding tert-OH is 1. The Balaban J connectivity index is 2.89. The van der Waals surface area contributed by atoms with Crippen molar-refractivity contribution >= 4 is 17.6 Å². The molecule has 1 aromatic rings. The fourth-order valence-electron chi connectivity index (χ4n) is 1.57. The number of nitrogens with zero attached hydrogens (tertiary/aromatic N) is 2. The van der Waals surface area contributed by atoms with Crippen molar-refractivity contribution in [1.29, 1.82) is 0 Å². The van der Waals surface area contributed by atoms with Gasteiger partial charge in [-0.05, 0) is 37.8 Å². The SMILES string of the molecule is CSCC(C)N(C)c1cc(CO)cc(C)n1. The van der Waals surface area contributed by atoms with Crippen molar-refractivity contribution in [3.05, 3.63) is 23.4 Å². The number of thioether (sulfide) groups is 1. The van der Waals surface area contributed by atoms with Gasteiger partial charge >= 0.3 is 0 Å². The van der Waals surface area contributed by atoms with Crippen molar-refractivity contribution in [1.82, 2.24) is 4.98 Å². The van der Waals surface area contributed by atoms with Crippen molar-refractivity contribution in [2.45, 2.75) is 26.5 Å². The lowest BCUT2D eigenvalue weighted by Gasteiger charge is -2.26. The third-order valence-corrected chi connectivity index (χ3v) is 3.43. The average Bonchev–Trinajstić information content (AvgIpc) is 2.27. The summed E-state index contributed by atoms with van der Waals surface area (Å²) in [6.45, 7) is 4.20. The molecule has 0 spiro atoms. The van der Waals surface area contributed by atoms with Crippen molar-refractivity contribution in [2.75, 3.05) is 24.0 Å². The molecule has 0 aromatic carbocycles. The third kappa shape index (κ3) is 3.39. The van der Waals surface area contributed by atoms with Crippen molar-refractivity contribution < 1.29 is 5.11 Å². The zero-order chi connectivity index (χ0) is 12.1. The summed E-state index contributed by atoms with van der Waals surface area (Å²) in [6.07, 6.45) is 2.10. The highest BCUT2D eigenvalue weighted by atomic mass is 32.2. The highest BCUT2D eigenvalue weighted by Crippen LogP contribution is 2.17. The van der Waals surface area contributed by atoms with Crippen LogP contribution in [-0.4, -0.2) is 35.2 Å². The van der Waals surface area contributed by atoms with Crippen LogP contribution >= 0.6 is 11.8 Å². The minimum Gasteiger partial charge on any atom is -0.392 e. The molecular formula is C12H20N2OS. The monoisotopic (exact) mass is 240 g/mol. The topological polar surface area (TPSA) is 36.4 Å². The largest absolute Gasteiger partial charge is 0.392 e. The van der Waals surface area contributed by atoms with Gasteiger partial charge in [-0.15, -0.1) is 0 Å². The van der Waals surface area contributed by atoms with E-state index in [9.17, 15) is 0 Å². The van der Waals surface area contributed by atoms with Gasteiger partial charge in [0.2, 0.25) is 0 Å². The summed E-state index contributed by atoms with van der Waals surface area (Å²) in [7, 11) is 2.05. The van der Waals surface area contributed by atoms with E-state index < -0.39 is 0 Å². The number of aromatic nitrogens is 1. The summed E-state index contributed by atoms with van der Waals surface area (Å²) >= 11 is 1.83. The second kappa shape index (κ2) is 6.11. The number of hydrogen-bond acceptors (Lipinski definition) is 4. The molecule has 1 rings (SSSR count). The molecule has 1 unspecified atom stereocenters. The Morgan fingerprint density at radius 1 is 1.50 bits per heavy atom. The summed E-state index contributed by atoms with van der Waals surface area (Å²) < 4.78 is 0. The number of rotatable bonds is 5. The summed E-state index contributed by atoms with van der Waals surface area (Å²) in [5.41, 5.74) is 1.87. The third-order valence-electron chi connectivity index (χ3n) is 2.61. The standard InChI is InChI=1S/C12H20N2OS/c1-9-5-11(7-15)6-12(13-9)14(3)10(2)8-16-4/h5-6,10,15H,7-8H2,1-4H3. The van der Waals surface area contributed by atoms with Gasteiger partial charge in [0.15, 0.2) is 0 Å². The molecule has 0 aliphatic rings. The first kappa shape index (κ1) is 13.3. The number of anilines is 1. The normalized spacial score (nSPS) is 12.6. The van der Waals surface area contributed by atoms with Gasteiger partial charge in [0.1, 0.15) is 5.82 Å². The Bertz CT molecular complexity index is 344. The predicted molar refractivity (Wildman–Crippen MR) is 71.1 cm³/mol. The van der Waals surface area contributed by atoms with Crippen LogP contribution < -0.4 is 4.90 Å². The molecule has 0 aliphatic carbocycles. The Morgan fingerprint density at radius 2 is 2.19 bits per heavy atom. The molecule has 0 fully saturated rings. The molecule has 1 atom stereocenters. The summed E-state index contributed by atoms with van der Waals surface area (Å²) in [6, 6.07) is 4.30. The number of pyridine rings is 1. The second-order valence-corrected chi connectivity index (χ2v) is 4.96. The van der Waals surface area contributed by atoms with E-state index in [1.54, 1.807) is 0 Å². The molecule has 16 heavy (non-hydrogen) atoms. The molecule has 90 valence electrons. The molecule has 0 aliphatic heterocycles. The van der Waals surface area contributed by atoms with Gasteiger partial charge in [0.05, 0.1) is 6.61 Å². The van der Waals surface area contributed by atoms with E-state index in [0.29, 0.717) is 6.04 Å². The van der Waals surface area contributed by atoms with E-state index in [1.807, 2.05) is 37.9 Å². The summed E-state index contributed by atoms with van der Waals surface area (Å²) in [4.78, 5) is 6.65. The van der Waals surface area contributed by atoms with Gasteiger partial charge in [-0.1, -0.05) is 0 Å². The van der Waals surface area contributed by atoms with E-state index in [2.05, 4.69) is 23.1 Å². The van der Waals surface area contributed by atoms with E-state index in [4.69, 9.17) is 5.11 Å². The predicted octanol–water partition coefficient (Wildman–Crippen LogP) is 2.07. The highest BCUT2D eigenvalue weighted by molar-refractivity contribution is 7.98. The molecular weight excluding hydrogens is 220 g/mol. The van der Waals surface area contributed by atoms with E-state index in [-0.39, 0.29) is 6.61 Å². The first-order chi connectivity index (χ1) is 7.58. The minimum atomic E-state index is 0.0705. The smallest absolute Gasteiger partial charge is 0.129 e. The van der Waals surface area contributed by atoms with E-state index in [1.165, 1.54) is 0 Å². The maximum atomic E-state index is 9.16. The fourth-order valence-corrected chi connectivity index (χ4v) is 2.28. The van der Waals surface area contributed by atoms with Crippen molar-refractivity contribution in [3.8, 4) is 0 Å². The van der Waals surface area contributed by atoms with E-state index in [0.717, 1.165) is 22.8 Å².